The van der Waals surface area contributed by atoms with Crippen LogP contribution in [0, 0.1) is 12.8 Å². The fraction of sp³-hybridized carbons (Fsp3) is 0.640. The first-order chi connectivity index (χ1) is 15.9. The molecule has 0 unspecified atom stereocenters. The number of hydrogen-bond donors (Lipinski definition) is 1. The average Bonchev–Trinajstić information content (AvgIpc) is 3.15. The summed E-state index contributed by atoms with van der Waals surface area (Å²) in [6.07, 6.45) is 3.42. The molecule has 1 atom stereocenters. The Kier molecular flexibility index (Phi) is 6.61. The fourth-order valence-electron chi connectivity index (χ4n) is 4.57. The zero-order valence-corrected chi connectivity index (χ0v) is 21.1. The highest BCUT2D eigenvalue weighted by atomic mass is 16.6. The lowest BCUT2D eigenvalue weighted by Crippen LogP contribution is -2.63. The molecule has 34 heavy (non-hydrogen) atoms. The normalized spacial score (nSPS) is 20.3. The molecule has 0 bridgehead atoms. The number of ether oxygens (including phenoxy) is 2. The molecule has 4 heterocycles. The summed E-state index contributed by atoms with van der Waals surface area (Å²) in [6, 6.07) is 3.55. The Bertz CT molecular complexity index is 1050. The Balaban J connectivity index is 1.53. The first kappa shape index (κ1) is 24.5. The monoisotopic (exact) mass is 471 g/mol. The molecular weight excluding hydrogens is 434 g/mol. The zero-order chi connectivity index (χ0) is 24.7. The number of carbonyl (C=O) groups is 2. The van der Waals surface area contributed by atoms with Crippen molar-refractivity contribution in [2.24, 2.45) is 5.92 Å². The van der Waals surface area contributed by atoms with Crippen LogP contribution >= 0.6 is 0 Å². The first-order valence-electron chi connectivity index (χ1n) is 12.0. The highest BCUT2D eigenvalue weighted by Crippen LogP contribution is 2.24. The number of aromatic nitrogens is 2. The zero-order valence-electron chi connectivity index (χ0n) is 21.1. The molecule has 0 saturated carbocycles. The topological polar surface area (TPSA) is 88.4 Å². The van der Waals surface area contributed by atoms with Gasteiger partial charge in [0, 0.05) is 38.3 Å². The van der Waals surface area contributed by atoms with Gasteiger partial charge in [-0.05, 0) is 53.2 Å². The molecule has 2 saturated heterocycles. The van der Waals surface area contributed by atoms with Crippen molar-refractivity contribution < 1.29 is 19.1 Å². The van der Waals surface area contributed by atoms with Crippen LogP contribution in [0.25, 0.3) is 5.52 Å². The van der Waals surface area contributed by atoms with E-state index in [1.54, 1.807) is 4.90 Å². The maximum absolute atomic E-state index is 13.7. The summed E-state index contributed by atoms with van der Waals surface area (Å²) in [5, 5.41) is 3.21. The van der Waals surface area contributed by atoms with E-state index in [2.05, 4.69) is 15.2 Å². The van der Waals surface area contributed by atoms with Gasteiger partial charge in [-0.15, -0.1) is 0 Å². The van der Waals surface area contributed by atoms with Crippen LogP contribution in [0.15, 0.2) is 24.5 Å². The lowest BCUT2D eigenvalue weighted by Gasteiger charge is -2.43. The van der Waals surface area contributed by atoms with Crippen LogP contribution in [-0.4, -0.2) is 82.2 Å². The summed E-state index contributed by atoms with van der Waals surface area (Å²) in [5.74, 6) is 1.05. The summed E-state index contributed by atoms with van der Waals surface area (Å²) in [4.78, 5) is 34.9. The molecule has 0 radical (unpaired) electrons. The summed E-state index contributed by atoms with van der Waals surface area (Å²) in [5.41, 5.74) is 0.839. The van der Waals surface area contributed by atoms with Gasteiger partial charge in [0.1, 0.15) is 17.5 Å². The van der Waals surface area contributed by atoms with Gasteiger partial charge < -0.3 is 24.1 Å². The third-order valence-corrected chi connectivity index (χ3v) is 6.42. The van der Waals surface area contributed by atoms with Gasteiger partial charge in [-0.25, -0.2) is 9.78 Å². The standard InChI is InChI=1S/C25H37N5O4/c1-17-8-7-9-30-19(17)12-26-22(30)25(5,6)27-21(31)20-14-29(23(32)34-24(2,3)4)11-10-28(20)13-18-15-33-16-18/h7-9,12,18,20H,10-11,13-16H2,1-6H3,(H,27,31)/t20-/m0/s1. The number of pyridine rings is 1. The van der Waals surface area contributed by atoms with E-state index in [-0.39, 0.29) is 18.5 Å². The molecule has 0 aliphatic carbocycles. The second kappa shape index (κ2) is 9.19. The lowest BCUT2D eigenvalue weighted by atomic mass is 10.0. The van der Waals surface area contributed by atoms with Crippen molar-refractivity contribution in [3.63, 3.8) is 0 Å². The third kappa shape index (κ3) is 5.20. The average molecular weight is 472 g/mol. The molecule has 186 valence electrons. The lowest BCUT2D eigenvalue weighted by molar-refractivity contribution is -0.132. The van der Waals surface area contributed by atoms with E-state index in [0.717, 1.165) is 23.4 Å². The molecule has 2 amide bonds. The van der Waals surface area contributed by atoms with Crippen molar-refractivity contribution in [2.45, 2.75) is 58.7 Å². The Hall–Kier alpha value is -2.65. The van der Waals surface area contributed by atoms with Crippen LogP contribution in [0.4, 0.5) is 4.79 Å². The van der Waals surface area contributed by atoms with Gasteiger partial charge in [0.25, 0.3) is 0 Å². The second-order valence-corrected chi connectivity index (χ2v) is 11.0. The second-order valence-electron chi connectivity index (χ2n) is 11.0. The number of nitrogens with one attached hydrogen (secondary N) is 1. The molecule has 2 aliphatic rings. The maximum Gasteiger partial charge on any atom is 0.410 e. The van der Waals surface area contributed by atoms with E-state index in [1.807, 2.05) is 70.5 Å². The largest absolute Gasteiger partial charge is 0.444 e. The molecule has 2 fully saturated rings. The minimum atomic E-state index is -0.712. The number of imidazole rings is 1. The molecule has 2 aromatic heterocycles. The molecule has 9 nitrogen and oxygen atoms in total. The number of rotatable bonds is 5. The Labute approximate surface area is 201 Å². The summed E-state index contributed by atoms with van der Waals surface area (Å²) < 4.78 is 12.9. The molecule has 2 aliphatic heterocycles. The number of fused-ring (bicyclic) bond motifs is 1. The molecule has 0 spiro atoms. The predicted molar refractivity (Wildman–Crippen MR) is 129 cm³/mol. The number of nitrogens with zero attached hydrogens (tertiary/aromatic N) is 4. The van der Waals surface area contributed by atoms with Crippen LogP contribution in [0.5, 0.6) is 0 Å². The Morgan fingerprint density at radius 2 is 1.94 bits per heavy atom. The Morgan fingerprint density at radius 1 is 1.21 bits per heavy atom. The highest BCUT2D eigenvalue weighted by Gasteiger charge is 2.40. The fourth-order valence-corrected chi connectivity index (χ4v) is 4.57. The number of hydrogen-bond acceptors (Lipinski definition) is 6. The van der Waals surface area contributed by atoms with Crippen LogP contribution in [0.1, 0.15) is 46.0 Å². The van der Waals surface area contributed by atoms with Crippen LogP contribution in [0.2, 0.25) is 0 Å². The van der Waals surface area contributed by atoms with E-state index >= 15 is 0 Å². The number of amides is 2. The van der Waals surface area contributed by atoms with Gasteiger partial charge >= 0.3 is 6.09 Å². The van der Waals surface area contributed by atoms with E-state index in [4.69, 9.17) is 9.47 Å². The van der Waals surface area contributed by atoms with E-state index in [0.29, 0.717) is 32.2 Å². The van der Waals surface area contributed by atoms with Crippen molar-refractivity contribution in [3.05, 3.63) is 35.9 Å². The number of piperazine rings is 1. The van der Waals surface area contributed by atoms with Gasteiger partial charge in [-0.2, -0.15) is 0 Å². The molecule has 4 rings (SSSR count). The van der Waals surface area contributed by atoms with Gasteiger partial charge in [-0.1, -0.05) is 6.07 Å². The van der Waals surface area contributed by atoms with Crippen molar-refractivity contribution in [2.75, 3.05) is 39.4 Å². The van der Waals surface area contributed by atoms with Crippen molar-refractivity contribution in [1.29, 1.82) is 0 Å². The smallest absolute Gasteiger partial charge is 0.410 e. The van der Waals surface area contributed by atoms with Crippen LogP contribution in [0.3, 0.4) is 0 Å². The van der Waals surface area contributed by atoms with Crippen molar-refractivity contribution in [3.8, 4) is 0 Å². The van der Waals surface area contributed by atoms with E-state index in [9.17, 15) is 9.59 Å². The SMILES string of the molecule is Cc1cccn2c(C(C)(C)NC(=O)[C@@H]3CN(C(=O)OC(C)(C)C)CCN3CC3COC3)ncc12. The van der Waals surface area contributed by atoms with Crippen LogP contribution in [-0.2, 0) is 19.8 Å². The number of aryl methyl sites for hydroxylation is 1. The summed E-state index contributed by atoms with van der Waals surface area (Å²) in [7, 11) is 0. The summed E-state index contributed by atoms with van der Waals surface area (Å²) >= 11 is 0. The quantitative estimate of drug-likeness (QED) is 0.721. The van der Waals surface area contributed by atoms with Crippen molar-refractivity contribution in [1.82, 2.24) is 24.5 Å². The molecule has 0 aromatic carbocycles. The minimum Gasteiger partial charge on any atom is -0.444 e. The molecular formula is C25H37N5O4. The van der Waals surface area contributed by atoms with E-state index < -0.39 is 17.2 Å². The molecule has 1 N–H and O–H groups in total. The Morgan fingerprint density at radius 3 is 2.59 bits per heavy atom. The maximum atomic E-state index is 13.7. The van der Waals surface area contributed by atoms with Gasteiger partial charge in [0.05, 0.1) is 30.5 Å². The molecule has 2 aromatic rings. The highest BCUT2D eigenvalue weighted by molar-refractivity contribution is 5.84. The van der Waals surface area contributed by atoms with Crippen molar-refractivity contribution >= 4 is 17.5 Å². The third-order valence-electron chi connectivity index (χ3n) is 6.42. The molecule has 9 heteroatoms. The van der Waals surface area contributed by atoms with Crippen LogP contribution < -0.4 is 5.32 Å². The van der Waals surface area contributed by atoms with E-state index in [1.165, 1.54) is 0 Å². The van der Waals surface area contributed by atoms with Gasteiger partial charge in [0.2, 0.25) is 5.91 Å². The predicted octanol–water partition coefficient (Wildman–Crippen LogP) is 2.56. The van der Waals surface area contributed by atoms with Gasteiger partial charge in [0.15, 0.2) is 0 Å². The van der Waals surface area contributed by atoms with Gasteiger partial charge in [-0.3, -0.25) is 9.69 Å². The summed E-state index contributed by atoms with van der Waals surface area (Å²) in [6.45, 7) is 15.1. The number of carbonyl (C=O) groups excluding carboxylic acids is 2. The first-order valence-corrected chi connectivity index (χ1v) is 12.0. The minimum absolute atomic E-state index is 0.122.